The summed E-state index contributed by atoms with van der Waals surface area (Å²) in [7, 11) is 2.19. The van der Waals surface area contributed by atoms with Gasteiger partial charge in [-0.3, -0.25) is 0 Å². The molecule has 15 heavy (non-hydrogen) atoms. The van der Waals surface area contributed by atoms with Crippen LogP contribution in [0.25, 0.3) is 0 Å². The molecule has 0 radical (unpaired) electrons. The first kappa shape index (κ1) is 14.3. The van der Waals surface area contributed by atoms with Crippen molar-refractivity contribution in [3.8, 4) is 0 Å². The Morgan fingerprint density at radius 3 is 2.33 bits per heavy atom. The number of rotatable bonds is 6. The summed E-state index contributed by atoms with van der Waals surface area (Å²) in [4.78, 5) is 11.2. The molecule has 0 bridgehead atoms. The zero-order valence-electron chi connectivity index (χ0n) is 10.6. The summed E-state index contributed by atoms with van der Waals surface area (Å²) in [6, 6.07) is 0. The van der Waals surface area contributed by atoms with Crippen LogP contribution < -0.4 is 5.32 Å². The molecular weight excluding hydrogens is 189 g/mol. The third kappa shape index (κ3) is 11.3. The van der Waals surface area contributed by atoms with Gasteiger partial charge in [-0.25, -0.2) is 4.79 Å². The van der Waals surface area contributed by atoms with E-state index >= 15 is 0 Å². The zero-order valence-corrected chi connectivity index (χ0v) is 10.6. The molecule has 0 unspecified atom stereocenters. The van der Waals surface area contributed by atoms with Crippen molar-refractivity contribution in [1.82, 2.24) is 5.32 Å². The van der Waals surface area contributed by atoms with E-state index in [1.807, 2.05) is 20.8 Å². The maximum atomic E-state index is 11.2. The molecule has 4 heteroatoms. The molecular formula is C11H24BNO2. The summed E-state index contributed by atoms with van der Waals surface area (Å²) in [6.07, 6.45) is 5.71. The smallest absolute Gasteiger partial charge is 0.407 e. The molecule has 3 nitrogen and oxygen atoms in total. The fraction of sp³-hybridized carbons (Fsp3) is 0.909. The second kappa shape index (κ2) is 7.60. The van der Waals surface area contributed by atoms with E-state index in [0.29, 0.717) is 0 Å². The molecule has 0 fully saturated rings. The van der Waals surface area contributed by atoms with Gasteiger partial charge in [0.25, 0.3) is 0 Å². The molecule has 0 aliphatic rings. The molecule has 1 N–H and O–H groups in total. The molecule has 0 atom stereocenters. The van der Waals surface area contributed by atoms with Gasteiger partial charge in [-0.1, -0.05) is 25.6 Å². The third-order valence-corrected chi connectivity index (χ3v) is 1.95. The number of hydrogen-bond acceptors (Lipinski definition) is 2. The van der Waals surface area contributed by atoms with Gasteiger partial charge in [0.15, 0.2) is 0 Å². The van der Waals surface area contributed by atoms with Crippen molar-refractivity contribution in [2.45, 2.75) is 58.4 Å². The lowest BCUT2D eigenvalue weighted by Crippen LogP contribution is -2.32. The van der Waals surface area contributed by atoms with Gasteiger partial charge in [0.05, 0.1) is 0 Å². The molecule has 0 aromatic carbocycles. The van der Waals surface area contributed by atoms with Crippen molar-refractivity contribution in [3.63, 3.8) is 0 Å². The van der Waals surface area contributed by atoms with Gasteiger partial charge >= 0.3 is 6.09 Å². The van der Waals surface area contributed by atoms with Gasteiger partial charge in [-0.05, 0) is 27.2 Å². The van der Waals surface area contributed by atoms with Gasteiger partial charge in [0.1, 0.15) is 13.4 Å². The predicted molar refractivity (Wildman–Crippen MR) is 66.1 cm³/mol. The van der Waals surface area contributed by atoms with Crippen molar-refractivity contribution >= 4 is 13.9 Å². The molecule has 1 amide bonds. The molecule has 0 aromatic rings. The molecule has 0 heterocycles. The highest BCUT2D eigenvalue weighted by atomic mass is 16.6. The number of amides is 1. The van der Waals surface area contributed by atoms with Crippen LogP contribution in [-0.2, 0) is 4.74 Å². The topological polar surface area (TPSA) is 38.3 Å². The molecule has 0 saturated heterocycles. The first-order valence-electron chi connectivity index (χ1n) is 5.92. The van der Waals surface area contributed by atoms with Crippen molar-refractivity contribution in [2.75, 3.05) is 6.54 Å². The normalized spacial score (nSPS) is 11.1. The number of carbonyl (C=O) groups is 1. The molecule has 0 aliphatic heterocycles. The van der Waals surface area contributed by atoms with E-state index in [-0.39, 0.29) is 6.09 Å². The number of hydrogen-bond donors (Lipinski definition) is 1. The fourth-order valence-electron chi connectivity index (χ4n) is 1.23. The van der Waals surface area contributed by atoms with Crippen LogP contribution in [0.5, 0.6) is 0 Å². The Kier molecular flexibility index (Phi) is 7.27. The second-order valence-electron chi connectivity index (χ2n) is 4.84. The standard InChI is InChI=1S/C11H24BNO2/c1-11(2,3)15-10(14)13-9-7-5-4-6-8-12/h4-9,12H2,1-3H3,(H,13,14). The average Bonchev–Trinajstić information content (AvgIpc) is 2.08. The van der Waals surface area contributed by atoms with Gasteiger partial charge in [0.2, 0.25) is 0 Å². The summed E-state index contributed by atoms with van der Waals surface area (Å²) in [5.74, 6) is 0. The molecule has 0 rings (SSSR count). The van der Waals surface area contributed by atoms with Gasteiger partial charge in [0, 0.05) is 6.54 Å². The van der Waals surface area contributed by atoms with Gasteiger partial charge in [-0.15, -0.1) is 0 Å². The highest BCUT2D eigenvalue weighted by molar-refractivity contribution is 6.08. The Morgan fingerprint density at radius 2 is 1.80 bits per heavy atom. The fourth-order valence-corrected chi connectivity index (χ4v) is 1.23. The molecule has 0 spiro atoms. The minimum atomic E-state index is -0.397. The van der Waals surface area contributed by atoms with E-state index < -0.39 is 5.60 Å². The number of ether oxygens (including phenoxy) is 1. The lowest BCUT2D eigenvalue weighted by molar-refractivity contribution is 0.0527. The highest BCUT2D eigenvalue weighted by Gasteiger charge is 2.15. The zero-order chi connectivity index (χ0) is 11.7. The molecule has 0 saturated carbocycles. The van der Waals surface area contributed by atoms with Crippen molar-refractivity contribution in [2.24, 2.45) is 0 Å². The average molecular weight is 213 g/mol. The lowest BCUT2D eigenvalue weighted by Gasteiger charge is -2.19. The minimum absolute atomic E-state index is 0.307. The number of alkyl carbamates (subject to hydrolysis) is 1. The first-order chi connectivity index (χ1) is 6.95. The molecule has 0 aliphatic carbocycles. The Bertz CT molecular complexity index is 178. The van der Waals surface area contributed by atoms with E-state index in [4.69, 9.17) is 4.74 Å². The maximum absolute atomic E-state index is 11.2. The van der Waals surface area contributed by atoms with Crippen LogP contribution in [0.15, 0.2) is 0 Å². The van der Waals surface area contributed by atoms with E-state index in [1.54, 1.807) is 0 Å². The van der Waals surface area contributed by atoms with Crippen LogP contribution in [-0.4, -0.2) is 26.1 Å². The Labute approximate surface area is 94.4 Å². The summed E-state index contributed by atoms with van der Waals surface area (Å²) in [6.45, 7) is 6.33. The summed E-state index contributed by atoms with van der Waals surface area (Å²) in [5, 5.41) is 2.75. The predicted octanol–water partition coefficient (Wildman–Crippen LogP) is 2.12. The van der Waals surface area contributed by atoms with Crippen LogP contribution in [0.2, 0.25) is 6.32 Å². The SMILES string of the molecule is BCCCCCCNC(=O)OC(C)(C)C. The van der Waals surface area contributed by atoms with Crippen molar-refractivity contribution in [3.05, 3.63) is 0 Å². The minimum Gasteiger partial charge on any atom is -0.444 e. The van der Waals surface area contributed by atoms with Crippen LogP contribution in [0.1, 0.15) is 46.5 Å². The number of carbonyl (C=O) groups excluding carboxylic acids is 1. The highest BCUT2D eigenvalue weighted by Crippen LogP contribution is 2.06. The number of unbranched alkanes of at least 4 members (excludes halogenated alkanes) is 3. The summed E-state index contributed by atoms with van der Waals surface area (Å²) < 4.78 is 5.12. The lowest BCUT2D eigenvalue weighted by atomic mass is 9.99. The summed E-state index contributed by atoms with van der Waals surface area (Å²) >= 11 is 0. The molecule has 88 valence electrons. The van der Waals surface area contributed by atoms with Crippen molar-refractivity contribution in [1.29, 1.82) is 0 Å². The molecule has 0 aromatic heterocycles. The Hall–Kier alpha value is -0.665. The van der Waals surface area contributed by atoms with Crippen molar-refractivity contribution < 1.29 is 9.53 Å². The second-order valence-corrected chi connectivity index (χ2v) is 4.84. The van der Waals surface area contributed by atoms with E-state index in [0.717, 1.165) is 13.0 Å². The Balaban J connectivity index is 3.32. The van der Waals surface area contributed by atoms with E-state index in [1.165, 1.54) is 25.6 Å². The van der Waals surface area contributed by atoms with Crippen LogP contribution in [0.3, 0.4) is 0 Å². The van der Waals surface area contributed by atoms with Crippen LogP contribution in [0.4, 0.5) is 4.79 Å². The first-order valence-corrected chi connectivity index (χ1v) is 5.92. The van der Waals surface area contributed by atoms with E-state index in [9.17, 15) is 4.79 Å². The van der Waals surface area contributed by atoms with Gasteiger partial charge < -0.3 is 10.1 Å². The maximum Gasteiger partial charge on any atom is 0.407 e. The quantitative estimate of drug-likeness (QED) is 0.542. The van der Waals surface area contributed by atoms with Crippen LogP contribution >= 0.6 is 0 Å². The number of nitrogens with one attached hydrogen (secondary N) is 1. The summed E-state index contributed by atoms with van der Waals surface area (Å²) in [5.41, 5.74) is -0.397. The Morgan fingerprint density at radius 1 is 1.20 bits per heavy atom. The van der Waals surface area contributed by atoms with Gasteiger partial charge in [-0.2, -0.15) is 0 Å². The largest absolute Gasteiger partial charge is 0.444 e. The van der Waals surface area contributed by atoms with Crippen LogP contribution in [0, 0.1) is 0 Å². The third-order valence-electron chi connectivity index (χ3n) is 1.95. The monoisotopic (exact) mass is 213 g/mol. The van der Waals surface area contributed by atoms with E-state index in [2.05, 4.69) is 13.2 Å².